The Balaban J connectivity index is 1.63. The van der Waals surface area contributed by atoms with Crippen molar-refractivity contribution in [2.75, 3.05) is 13.1 Å². The summed E-state index contributed by atoms with van der Waals surface area (Å²) in [5.41, 5.74) is -0.0665. The van der Waals surface area contributed by atoms with E-state index >= 15 is 0 Å². The number of rotatable bonds is 3. The van der Waals surface area contributed by atoms with Crippen LogP contribution in [-0.2, 0) is 4.79 Å². The average molecular weight is 332 g/mol. The van der Waals surface area contributed by atoms with E-state index in [4.69, 9.17) is 0 Å². The molecule has 1 N–H and O–H groups in total. The van der Waals surface area contributed by atoms with Crippen molar-refractivity contribution in [1.29, 1.82) is 0 Å². The van der Waals surface area contributed by atoms with E-state index in [1.807, 2.05) is 43.4 Å². The van der Waals surface area contributed by atoms with Crippen LogP contribution in [0.3, 0.4) is 0 Å². The molecule has 2 fully saturated rings. The molecule has 1 aromatic rings. The number of aromatic nitrogens is 2. The number of amides is 2. The highest BCUT2D eigenvalue weighted by Crippen LogP contribution is 2.62. The van der Waals surface area contributed by atoms with E-state index in [1.165, 1.54) is 0 Å². The van der Waals surface area contributed by atoms with Crippen LogP contribution in [0.15, 0.2) is 12.5 Å². The molecule has 1 unspecified atom stereocenters. The predicted molar refractivity (Wildman–Crippen MR) is 91.5 cm³/mol. The van der Waals surface area contributed by atoms with E-state index in [0.29, 0.717) is 18.8 Å². The molecule has 2 heterocycles. The van der Waals surface area contributed by atoms with Crippen molar-refractivity contribution in [3.63, 3.8) is 0 Å². The van der Waals surface area contributed by atoms with Crippen LogP contribution in [0.4, 0.5) is 0 Å². The molecule has 132 valence electrons. The predicted octanol–water partition coefficient (Wildman–Crippen LogP) is 2.09. The van der Waals surface area contributed by atoms with E-state index < -0.39 is 0 Å². The number of hydrogen-bond donors (Lipinski definition) is 1. The van der Waals surface area contributed by atoms with Gasteiger partial charge in [0.2, 0.25) is 5.91 Å². The Hall–Kier alpha value is -1.85. The first-order valence-electron chi connectivity index (χ1n) is 8.69. The van der Waals surface area contributed by atoms with E-state index in [2.05, 4.69) is 24.1 Å². The molecule has 0 aromatic carbocycles. The van der Waals surface area contributed by atoms with Gasteiger partial charge in [-0.1, -0.05) is 6.92 Å². The van der Waals surface area contributed by atoms with E-state index in [9.17, 15) is 9.59 Å². The number of nitrogens with one attached hydrogen (secondary N) is 1. The van der Waals surface area contributed by atoms with Gasteiger partial charge in [-0.15, -0.1) is 0 Å². The lowest BCUT2D eigenvalue weighted by Gasteiger charge is -2.27. The second kappa shape index (κ2) is 5.33. The number of fused-ring (bicyclic) bond motifs is 1. The standard InChI is InChI=1S/C18H28N4O2/c1-11(2)22-9-14(19-10-22)15(23)21-7-12-13(8-21)18(12,6)16(24)20-17(3,4)5/h9-13H,7-8H2,1-6H3,(H,20,24)/t12-,13+,18?. The molecule has 6 nitrogen and oxygen atoms in total. The summed E-state index contributed by atoms with van der Waals surface area (Å²) in [6.07, 6.45) is 3.51. The van der Waals surface area contributed by atoms with Gasteiger partial charge >= 0.3 is 0 Å². The molecule has 1 aliphatic carbocycles. The van der Waals surface area contributed by atoms with Gasteiger partial charge < -0.3 is 14.8 Å². The van der Waals surface area contributed by atoms with Crippen molar-refractivity contribution in [2.24, 2.45) is 17.3 Å². The second-order valence-electron chi connectivity index (χ2n) is 8.71. The van der Waals surface area contributed by atoms with Gasteiger partial charge in [0.1, 0.15) is 5.69 Å². The molecule has 2 aliphatic rings. The first kappa shape index (κ1) is 17.0. The molecule has 2 amide bonds. The lowest BCUT2D eigenvalue weighted by atomic mass is 9.98. The molecule has 0 radical (unpaired) electrons. The van der Waals surface area contributed by atoms with Gasteiger partial charge in [0, 0.05) is 30.9 Å². The fraction of sp³-hybridized carbons (Fsp3) is 0.722. The summed E-state index contributed by atoms with van der Waals surface area (Å²) < 4.78 is 1.94. The van der Waals surface area contributed by atoms with Gasteiger partial charge in [0.25, 0.3) is 5.91 Å². The van der Waals surface area contributed by atoms with E-state index in [-0.39, 0.29) is 40.6 Å². The third kappa shape index (κ3) is 2.72. The fourth-order valence-electron chi connectivity index (χ4n) is 3.75. The number of piperidine rings is 1. The lowest BCUT2D eigenvalue weighted by molar-refractivity contribution is -0.128. The molecule has 1 aromatic heterocycles. The van der Waals surface area contributed by atoms with Crippen molar-refractivity contribution < 1.29 is 9.59 Å². The lowest BCUT2D eigenvalue weighted by Crippen LogP contribution is -2.47. The molecule has 6 heteroatoms. The molecule has 0 bridgehead atoms. The Kier molecular flexibility index (Phi) is 3.77. The molecule has 3 atom stereocenters. The first-order valence-corrected chi connectivity index (χ1v) is 8.69. The Labute approximate surface area is 143 Å². The average Bonchev–Trinajstić information content (AvgIpc) is 2.95. The minimum Gasteiger partial charge on any atom is -0.351 e. The quantitative estimate of drug-likeness (QED) is 0.921. The fourth-order valence-corrected chi connectivity index (χ4v) is 3.75. The highest BCUT2D eigenvalue weighted by Gasteiger charge is 2.70. The Morgan fingerprint density at radius 1 is 1.29 bits per heavy atom. The monoisotopic (exact) mass is 332 g/mol. The van der Waals surface area contributed by atoms with Gasteiger partial charge in [-0.25, -0.2) is 4.98 Å². The zero-order valence-electron chi connectivity index (χ0n) is 15.5. The van der Waals surface area contributed by atoms with Crippen LogP contribution >= 0.6 is 0 Å². The van der Waals surface area contributed by atoms with Crippen LogP contribution in [0.1, 0.15) is 58.1 Å². The Morgan fingerprint density at radius 3 is 2.33 bits per heavy atom. The second-order valence-corrected chi connectivity index (χ2v) is 8.71. The molecular weight excluding hydrogens is 304 g/mol. The van der Waals surface area contributed by atoms with Crippen LogP contribution in [0.2, 0.25) is 0 Å². The third-order valence-corrected chi connectivity index (χ3v) is 5.43. The van der Waals surface area contributed by atoms with Gasteiger partial charge in [-0.2, -0.15) is 0 Å². The largest absolute Gasteiger partial charge is 0.351 e. The van der Waals surface area contributed by atoms with Gasteiger partial charge in [-0.3, -0.25) is 9.59 Å². The summed E-state index contributed by atoms with van der Waals surface area (Å²) in [6, 6.07) is 0.287. The Bertz CT molecular complexity index is 659. The van der Waals surface area contributed by atoms with Crippen molar-refractivity contribution in [1.82, 2.24) is 19.8 Å². The van der Waals surface area contributed by atoms with Crippen molar-refractivity contribution >= 4 is 11.8 Å². The maximum atomic E-state index is 12.6. The number of carbonyl (C=O) groups excluding carboxylic acids is 2. The van der Waals surface area contributed by atoms with Crippen LogP contribution in [0.5, 0.6) is 0 Å². The summed E-state index contributed by atoms with van der Waals surface area (Å²) in [5.74, 6) is 0.605. The van der Waals surface area contributed by atoms with Crippen molar-refractivity contribution in [2.45, 2.75) is 53.1 Å². The highest BCUT2D eigenvalue weighted by molar-refractivity contribution is 5.93. The van der Waals surface area contributed by atoms with Crippen LogP contribution < -0.4 is 5.32 Å². The van der Waals surface area contributed by atoms with Crippen LogP contribution in [-0.4, -0.2) is 44.9 Å². The number of nitrogens with zero attached hydrogens (tertiary/aromatic N) is 3. The number of imidazole rings is 1. The topological polar surface area (TPSA) is 67.2 Å². The molecule has 1 saturated heterocycles. The van der Waals surface area contributed by atoms with Gasteiger partial charge in [-0.05, 0) is 46.5 Å². The summed E-state index contributed by atoms with van der Waals surface area (Å²) in [7, 11) is 0. The summed E-state index contributed by atoms with van der Waals surface area (Å²) in [5, 5.41) is 3.08. The van der Waals surface area contributed by atoms with Gasteiger partial charge in [0.15, 0.2) is 0 Å². The molecular formula is C18H28N4O2. The molecule has 0 spiro atoms. The number of hydrogen-bond acceptors (Lipinski definition) is 3. The van der Waals surface area contributed by atoms with Crippen LogP contribution in [0.25, 0.3) is 0 Å². The zero-order chi connectivity index (χ0) is 17.9. The molecule has 3 rings (SSSR count). The SMILES string of the molecule is CC(C)n1cnc(C(=O)N2C[C@@H]3[C@H](C2)C3(C)C(=O)NC(C)(C)C)c1. The molecule has 1 saturated carbocycles. The molecule has 1 aliphatic heterocycles. The Morgan fingerprint density at radius 2 is 1.88 bits per heavy atom. The van der Waals surface area contributed by atoms with E-state index in [0.717, 1.165) is 0 Å². The van der Waals surface area contributed by atoms with Crippen LogP contribution in [0, 0.1) is 17.3 Å². The molecule has 24 heavy (non-hydrogen) atoms. The van der Waals surface area contributed by atoms with E-state index in [1.54, 1.807) is 6.33 Å². The number of carbonyl (C=O) groups is 2. The maximum absolute atomic E-state index is 12.6. The van der Waals surface area contributed by atoms with Crippen molar-refractivity contribution in [3.05, 3.63) is 18.2 Å². The first-order chi connectivity index (χ1) is 11.0. The summed E-state index contributed by atoms with van der Waals surface area (Å²) >= 11 is 0. The normalized spacial score (nSPS) is 28.9. The highest BCUT2D eigenvalue weighted by atomic mass is 16.2. The third-order valence-electron chi connectivity index (χ3n) is 5.43. The summed E-state index contributed by atoms with van der Waals surface area (Å²) in [6.45, 7) is 13.4. The van der Waals surface area contributed by atoms with Gasteiger partial charge in [0.05, 0.1) is 11.7 Å². The zero-order valence-corrected chi connectivity index (χ0v) is 15.5. The minimum atomic E-state index is -0.332. The van der Waals surface area contributed by atoms with Crippen molar-refractivity contribution in [3.8, 4) is 0 Å². The number of likely N-dealkylation sites (tertiary alicyclic amines) is 1. The smallest absolute Gasteiger partial charge is 0.274 e. The summed E-state index contributed by atoms with van der Waals surface area (Å²) in [4.78, 5) is 31.2. The minimum absolute atomic E-state index is 0.0276. The maximum Gasteiger partial charge on any atom is 0.274 e.